The van der Waals surface area contributed by atoms with Crippen molar-refractivity contribution >= 4 is 35.9 Å². The van der Waals surface area contributed by atoms with Crippen LogP contribution in [0.4, 0.5) is 0 Å². The zero-order valence-electron chi connectivity index (χ0n) is 11.6. The van der Waals surface area contributed by atoms with Crippen LogP contribution in [0.15, 0.2) is 18.2 Å². The molecule has 2 aromatic rings. The van der Waals surface area contributed by atoms with Crippen molar-refractivity contribution in [1.29, 1.82) is 0 Å². The first-order valence-electron chi connectivity index (χ1n) is 6.47. The van der Waals surface area contributed by atoms with Gasteiger partial charge in [-0.3, -0.25) is 0 Å². The van der Waals surface area contributed by atoms with Crippen molar-refractivity contribution in [3.8, 4) is 11.5 Å². The Morgan fingerprint density at radius 1 is 1.14 bits per heavy atom. The molecule has 1 heterocycles. The maximum atomic E-state index is 12.3. The average molecular weight is 353 g/mol. The van der Waals surface area contributed by atoms with Crippen molar-refractivity contribution < 1.29 is 24.2 Å². The number of aliphatic carboxylic acids is 1. The van der Waals surface area contributed by atoms with Gasteiger partial charge in [-0.25, -0.2) is 0 Å². The molecule has 0 saturated heterocycles. The summed E-state index contributed by atoms with van der Waals surface area (Å²) in [5, 5.41) is 9.89. The van der Waals surface area contributed by atoms with Crippen LogP contribution < -0.4 is 9.47 Å². The first kappa shape index (κ1) is 14.2. The minimum atomic E-state index is -0.875. The van der Waals surface area contributed by atoms with Crippen molar-refractivity contribution in [2.24, 2.45) is 11.8 Å². The number of Topliss-reactive ketones (excluding diaryl/α,β-unsaturated/α-hetero) is 1. The van der Waals surface area contributed by atoms with Gasteiger partial charge in [-0.15, -0.1) is 0 Å². The molecule has 1 aliphatic carbocycles. The van der Waals surface area contributed by atoms with E-state index in [2.05, 4.69) is 0 Å². The molecule has 0 radical (unpaired) electrons. The molecule has 0 spiro atoms. The van der Waals surface area contributed by atoms with E-state index in [1.165, 1.54) is 0 Å². The summed E-state index contributed by atoms with van der Waals surface area (Å²) in [6.45, 7) is 0. The molecule has 6 heteroatoms. The van der Waals surface area contributed by atoms with E-state index in [0.717, 1.165) is 14.1 Å². The fraction of sp³-hybridized carbons (Fsp3) is 0.333. The Kier molecular flexibility index (Phi) is 3.51. The van der Waals surface area contributed by atoms with Crippen molar-refractivity contribution in [2.45, 2.75) is 6.42 Å². The number of methoxy groups -OCH3 is 2. The number of hydrogen-bond acceptors (Lipinski definition) is 4. The number of carbonyl (C=O) groups excluding carboxylic acids is 1. The van der Waals surface area contributed by atoms with E-state index < -0.39 is 11.9 Å². The molecule has 1 fully saturated rings. The third kappa shape index (κ3) is 2.45. The molecular formula is C15H14O5Se. The quantitative estimate of drug-likeness (QED) is 0.656. The van der Waals surface area contributed by atoms with Crippen molar-refractivity contribution in [1.82, 2.24) is 0 Å². The summed E-state index contributed by atoms with van der Waals surface area (Å²) in [4.78, 5) is 23.2. The molecule has 2 atom stereocenters. The monoisotopic (exact) mass is 354 g/mol. The maximum absolute atomic E-state index is 12.3. The molecular weight excluding hydrogens is 339 g/mol. The van der Waals surface area contributed by atoms with Gasteiger partial charge in [0.2, 0.25) is 0 Å². The SMILES string of the molecule is COc1cc2cc(C(=O)C3CC3C(=O)O)[se]c2cc1OC. The molecule has 0 bridgehead atoms. The third-order valence-corrected chi connectivity index (χ3v) is 6.04. The van der Waals surface area contributed by atoms with Crippen LogP contribution in [0, 0.1) is 11.8 Å². The number of carbonyl (C=O) groups is 2. The zero-order valence-corrected chi connectivity index (χ0v) is 13.3. The number of ketones is 1. The summed E-state index contributed by atoms with van der Waals surface area (Å²) < 4.78 is 12.3. The van der Waals surface area contributed by atoms with Gasteiger partial charge in [0.1, 0.15) is 0 Å². The summed E-state index contributed by atoms with van der Waals surface area (Å²) in [5.41, 5.74) is 0. The second-order valence-electron chi connectivity index (χ2n) is 5.01. The van der Waals surface area contributed by atoms with Crippen LogP contribution in [-0.2, 0) is 4.79 Å². The van der Waals surface area contributed by atoms with Gasteiger partial charge in [-0.05, 0) is 0 Å². The predicted octanol–water partition coefficient (Wildman–Crippen LogP) is 1.82. The number of fused-ring (bicyclic) bond motifs is 1. The van der Waals surface area contributed by atoms with Crippen LogP contribution in [0.3, 0.4) is 0 Å². The van der Waals surface area contributed by atoms with Crippen molar-refractivity contribution in [3.63, 3.8) is 0 Å². The fourth-order valence-electron chi connectivity index (χ4n) is 2.43. The van der Waals surface area contributed by atoms with Crippen LogP contribution in [0.1, 0.15) is 15.7 Å². The summed E-state index contributed by atoms with van der Waals surface area (Å²) >= 11 is -0.0996. The summed E-state index contributed by atoms with van der Waals surface area (Å²) in [7, 11) is 3.15. The van der Waals surface area contributed by atoms with Crippen LogP contribution >= 0.6 is 0 Å². The number of carboxylic acid groups (broad SMARTS) is 1. The normalized spacial score (nSPS) is 20.3. The Balaban J connectivity index is 1.94. The summed E-state index contributed by atoms with van der Waals surface area (Å²) in [6, 6.07) is 5.61. The topological polar surface area (TPSA) is 72.8 Å². The summed E-state index contributed by atoms with van der Waals surface area (Å²) in [5.74, 6) is -0.450. The van der Waals surface area contributed by atoms with E-state index >= 15 is 0 Å². The first-order chi connectivity index (χ1) is 10.0. The Morgan fingerprint density at radius 2 is 1.81 bits per heavy atom. The van der Waals surface area contributed by atoms with E-state index in [-0.39, 0.29) is 26.2 Å². The Hall–Kier alpha value is -1.78. The molecule has 3 rings (SSSR count). The molecule has 1 N–H and O–H groups in total. The second kappa shape index (κ2) is 5.20. The number of carboxylic acids is 1. The Bertz CT molecular complexity index is 692. The van der Waals surface area contributed by atoms with Crippen LogP contribution in [-0.4, -0.2) is 45.6 Å². The van der Waals surface area contributed by atoms with Gasteiger partial charge < -0.3 is 0 Å². The van der Waals surface area contributed by atoms with Gasteiger partial charge in [0.15, 0.2) is 0 Å². The van der Waals surface area contributed by atoms with E-state index in [9.17, 15) is 9.59 Å². The van der Waals surface area contributed by atoms with Gasteiger partial charge in [-0.1, -0.05) is 0 Å². The van der Waals surface area contributed by atoms with Crippen LogP contribution in [0.5, 0.6) is 11.5 Å². The number of ether oxygens (including phenoxy) is 2. The first-order valence-corrected chi connectivity index (χ1v) is 8.19. The predicted molar refractivity (Wildman–Crippen MR) is 77.6 cm³/mol. The van der Waals surface area contributed by atoms with Crippen molar-refractivity contribution in [3.05, 3.63) is 22.6 Å². The number of benzene rings is 1. The van der Waals surface area contributed by atoms with Gasteiger partial charge in [0.25, 0.3) is 0 Å². The van der Waals surface area contributed by atoms with Crippen LogP contribution in [0.2, 0.25) is 0 Å². The van der Waals surface area contributed by atoms with Gasteiger partial charge in [0, 0.05) is 0 Å². The van der Waals surface area contributed by atoms with E-state index in [4.69, 9.17) is 14.6 Å². The molecule has 1 saturated carbocycles. The number of hydrogen-bond donors (Lipinski definition) is 1. The molecule has 110 valence electrons. The molecule has 0 amide bonds. The van der Waals surface area contributed by atoms with E-state index in [0.29, 0.717) is 17.9 Å². The molecule has 1 aromatic carbocycles. The van der Waals surface area contributed by atoms with E-state index in [1.54, 1.807) is 14.2 Å². The van der Waals surface area contributed by atoms with Gasteiger partial charge in [-0.2, -0.15) is 0 Å². The molecule has 0 aliphatic heterocycles. The Morgan fingerprint density at radius 3 is 2.38 bits per heavy atom. The standard InChI is InChI=1S/C15H14O5Se/c1-19-10-3-7-4-13(21-12(7)6-11(10)20-2)14(16)8-5-9(8)15(17)18/h3-4,6,8-9H,5H2,1-2H3,(H,17,18). The molecule has 1 aliphatic rings. The second-order valence-corrected chi connectivity index (χ2v) is 7.28. The molecule has 2 unspecified atom stereocenters. The van der Waals surface area contributed by atoms with Gasteiger partial charge >= 0.3 is 127 Å². The molecule has 1 aromatic heterocycles. The third-order valence-electron chi connectivity index (χ3n) is 3.71. The number of rotatable bonds is 5. The molecule has 21 heavy (non-hydrogen) atoms. The summed E-state index contributed by atoms with van der Waals surface area (Å²) in [6.07, 6.45) is 0.463. The Labute approximate surface area is 127 Å². The zero-order chi connectivity index (χ0) is 15.1. The van der Waals surface area contributed by atoms with Crippen molar-refractivity contribution in [2.75, 3.05) is 14.2 Å². The minimum absolute atomic E-state index is 0.0171. The average Bonchev–Trinajstić information content (AvgIpc) is 3.18. The van der Waals surface area contributed by atoms with E-state index in [1.807, 2.05) is 18.2 Å². The fourth-order valence-corrected chi connectivity index (χ4v) is 4.69. The van der Waals surface area contributed by atoms with Gasteiger partial charge in [0.05, 0.1) is 0 Å². The molecule has 5 nitrogen and oxygen atoms in total. The van der Waals surface area contributed by atoms with Crippen LogP contribution in [0.25, 0.3) is 9.65 Å².